The van der Waals surface area contributed by atoms with Gasteiger partial charge in [-0.2, -0.15) is 4.39 Å². The van der Waals surface area contributed by atoms with Crippen molar-refractivity contribution in [1.29, 1.82) is 0 Å². The van der Waals surface area contributed by atoms with Crippen LogP contribution in [-0.4, -0.2) is 12.1 Å². The van der Waals surface area contributed by atoms with Crippen molar-refractivity contribution in [2.24, 2.45) is 0 Å². The molecule has 88 valence electrons. The normalized spacial score (nSPS) is 10.0. The van der Waals surface area contributed by atoms with Gasteiger partial charge in [0.2, 0.25) is 5.95 Å². The van der Waals surface area contributed by atoms with Gasteiger partial charge in [0.1, 0.15) is 11.6 Å². The van der Waals surface area contributed by atoms with Crippen LogP contribution in [0.3, 0.4) is 0 Å². The summed E-state index contributed by atoms with van der Waals surface area (Å²) in [5.41, 5.74) is 1.08. The van der Waals surface area contributed by atoms with Gasteiger partial charge in [-0.3, -0.25) is 0 Å². The molecule has 0 aliphatic carbocycles. The molecule has 0 fully saturated rings. The average Bonchev–Trinajstić information content (AvgIpc) is 2.37. The van der Waals surface area contributed by atoms with Gasteiger partial charge in [-0.15, -0.1) is 0 Å². The fourth-order valence-corrected chi connectivity index (χ4v) is 1.44. The quantitative estimate of drug-likeness (QED) is 0.823. The highest BCUT2D eigenvalue weighted by molar-refractivity contribution is 5.36. The molecule has 2 aromatic rings. The van der Waals surface area contributed by atoms with Crippen molar-refractivity contribution in [2.45, 2.75) is 6.54 Å². The van der Waals surface area contributed by atoms with Crippen LogP contribution >= 0.6 is 0 Å². The topological polar surface area (TPSA) is 34.1 Å². The number of nitrogens with one attached hydrogen (secondary N) is 1. The Morgan fingerprint density at radius 3 is 2.59 bits per heavy atom. The van der Waals surface area contributed by atoms with E-state index in [1.165, 1.54) is 6.07 Å². The molecule has 0 saturated heterocycles. The molecule has 1 aromatic heterocycles. The molecule has 0 saturated carbocycles. The van der Waals surface area contributed by atoms with Gasteiger partial charge in [-0.1, -0.05) is 18.2 Å². The Labute approximate surface area is 99.3 Å². The molecule has 2 rings (SSSR count). The van der Waals surface area contributed by atoms with Crippen LogP contribution in [0.15, 0.2) is 42.5 Å². The molecular formula is C13H13FN2O. The average molecular weight is 232 g/mol. The van der Waals surface area contributed by atoms with Crippen LogP contribution in [0.4, 0.5) is 10.2 Å². The van der Waals surface area contributed by atoms with Crippen LogP contribution in [0.25, 0.3) is 0 Å². The molecule has 1 heterocycles. The molecule has 0 aliphatic rings. The van der Waals surface area contributed by atoms with Crippen LogP contribution in [-0.2, 0) is 6.54 Å². The zero-order valence-electron chi connectivity index (χ0n) is 9.48. The summed E-state index contributed by atoms with van der Waals surface area (Å²) in [6.07, 6.45) is 0. The monoisotopic (exact) mass is 232 g/mol. The lowest BCUT2D eigenvalue weighted by Crippen LogP contribution is -2.01. The van der Waals surface area contributed by atoms with E-state index < -0.39 is 5.95 Å². The first-order chi connectivity index (χ1) is 8.28. The highest BCUT2D eigenvalue weighted by Crippen LogP contribution is 2.12. The summed E-state index contributed by atoms with van der Waals surface area (Å²) in [5, 5.41) is 3.05. The Bertz CT molecular complexity index is 485. The lowest BCUT2D eigenvalue weighted by atomic mass is 10.2. The molecular weight excluding hydrogens is 219 g/mol. The van der Waals surface area contributed by atoms with Crippen molar-refractivity contribution < 1.29 is 9.13 Å². The number of ether oxygens (including phenoxy) is 1. The van der Waals surface area contributed by atoms with Gasteiger partial charge >= 0.3 is 0 Å². The van der Waals surface area contributed by atoms with E-state index in [0.29, 0.717) is 12.4 Å². The second kappa shape index (κ2) is 5.30. The second-order valence-corrected chi connectivity index (χ2v) is 3.55. The third-order valence-corrected chi connectivity index (χ3v) is 2.35. The van der Waals surface area contributed by atoms with Crippen molar-refractivity contribution >= 4 is 5.82 Å². The van der Waals surface area contributed by atoms with E-state index in [0.717, 1.165) is 11.3 Å². The Hall–Kier alpha value is -2.10. The van der Waals surface area contributed by atoms with Crippen molar-refractivity contribution in [3.63, 3.8) is 0 Å². The molecule has 0 amide bonds. The third-order valence-electron chi connectivity index (χ3n) is 2.35. The van der Waals surface area contributed by atoms with Crippen LogP contribution in [0.1, 0.15) is 5.56 Å². The summed E-state index contributed by atoms with van der Waals surface area (Å²) < 4.78 is 17.9. The molecule has 4 heteroatoms. The number of rotatable bonds is 4. The van der Waals surface area contributed by atoms with E-state index in [1.807, 2.05) is 24.3 Å². The summed E-state index contributed by atoms with van der Waals surface area (Å²) in [6, 6.07) is 12.3. The second-order valence-electron chi connectivity index (χ2n) is 3.55. The molecule has 0 bridgehead atoms. The number of anilines is 1. The Morgan fingerprint density at radius 1 is 1.18 bits per heavy atom. The van der Waals surface area contributed by atoms with Crippen molar-refractivity contribution in [3.05, 3.63) is 54.0 Å². The van der Waals surface area contributed by atoms with Gasteiger partial charge in [0.15, 0.2) is 0 Å². The SMILES string of the molecule is COc1ccc(CNc2cccc(F)n2)cc1. The minimum absolute atomic E-state index is 0.482. The minimum atomic E-state index is -0.482. The fraction of sp³-hybridized carbons (Fsp3) is 0.154. The highest BCUT2D eigenvalue weighted by atomic mass is 19.1. The summed E-state index contributed by atoms with van der Waals surface area (Å²) in [4.78, 5) is 3.72. The van der Waals surface area contributed by atoms with Crippen LogP contribution in [0.5, 0.6) is 5.75 Å². The zero-order chi connectivity index (χ0) is 12.1. The maximum atomic E-state index is 12.8. The smallest absolute Gasteiger partial charge is 0.214 e. The highest BCUT2D eigenvalue weighted by Gasteiger charge is 1.97. The number of pyridine rings is 1. The number of halogens is 1. The lowest BCUT2D eigenvalue weighted by molar-refractivity contribution is 0.414. The van der Waals surface area contributed by atoms with Crippen molar-refractivity contribution in [1.82, 2.24) is 4.98 Å². The first-order valence-corrected chi connectivity index (χ1v) is 5.27. The van der Waals surface area contributed by atoms with E-state index in [9.17, 15) is 4.39 Å². The molecule has 3 nitrogen and oxygen atoms in total. The van der Waals surface area contributed by atoms with E-state index in [-0.39, 0.29) is 0 Å². The number of aromatic nitrogens is 1. The molecule has 0 unspecified atom stereocenters. The summed E-state index contributed by atoms with van der Waals surface area (Å²) in [7, 11) is 1.63. The Morgan fingerprint density at radius 2 is 1.94 bits per heavy atom. The van der Waals surface area contributed by atoms with Gasteiger partial charge < -0.3 is 10.1 Å². The third kappa shape index (κ3) is 3.17. The molecule has 17 heavy (non-hydrogen) atoms. The maximum Gasteiger partial charge on any atom is 0.214 e. The standard InChI is InChI=1S/C13H13FN2O/c1-17-11-7-5-10(6-8-11)9-15-13-4-2-3-12(14)16-13/h2-8H,9H2,1H3,(H,15,16). The lowest BCUT2D eigenvalue weighted by Gasteiger charge is -2.06. The number of methoxy groups -OCH3 is 1. The van der Waals surface area contributed by atoms with Crippen LogP contribution in [0.2, 0.25) is 0 Å². The van der Waals surface area contributed by atoms with Crippen molar-refractivity contribution in [2.75, 3.05) is 12.4 Å². The van der Waals surface area contributed by atoms with E-state index >= 15 is 0 Å². The Kier molecular flexibility index (Phi) is 3.55. The zero-order valence-corrected chi connectivity index (χ0v) is 9.48. The summed E-state index contributed by atoms with van der Waals surface area (Å²) in [6.45, 7) is 0.598. The predicted molar refractivity (Wildman–Crippen MR) is 64.5 cm³/mol. The van der Waals surface area contributed by atoms with Gasteiger partial charge in [-0.05, 0) is 29.8 Å². The van der Waals surface area contributed by atoms with E-state index in [1.54, 1.807) is 19.2 Å². The first kappa shape index (κ1) is 11.4. The largest absolute Gasteiger partial charge is 0.497 e. The number of benzene rings is 1. The molecule has 1 N–H and O–H groups in total. The molecule has 0 atom stereocenters. The van der Waals surface area contributed by atoms with Crippen molar-refractivity contribution in [3.8, 4) is 5.75 Å². The van der Waals surface area contributed by atoms with Gasteiger partial charge in [0.25, 0.3) is 0 Å². The van der Waals surface area contributed by atoms with Gasteiger partial charge in [-0.25, -0.2) is 4.98 Å². The number of nitrogens with zero attached hydrogens (tertiary/aromatic N) is 1. The molecule has 0 spiro atoms. The van der Waals surface area contributed by atoms with E-state index in [2.05, 4.69) is 10.3 Å². The summed E-state index contributed by atoms with van der Waals surface area (Å²) in [5.74, 6) is 0.864. The van der Waals surface area contributed by atoms with Crippen LogP contribution in [0, 0.1) is 5.95 Å². The fourth-order valence-electron chi connectivity index (χ4n) is 1.44. The number of hydrogen-bond acceptors (Lipinski definition) is 3. The predicted octanol–water partition coefficient (Wildman–Crippen LogP) is 2.84. The first-order valence-electron chi connectivity index (χ1n) is 5.27. The molecule has 0 radical (unpaired) electrons. The maximum absolute atomic E-state index is 12.8. The summed E-state index contributed by atoms with van der Waals surface area (Å²) >= 11 is 0. The van der Waals surface area contributed by atoms with Gasteiger partial charge in [0.05, 0.1) is 7.11 Å². The van der Waals surface area contributed by atoms with Gasteiger partial charge in [0, 0.05) is 6.54 Å². The Balaban J connectivity index is 1.97. The number of hydrogen-bond donors (Lipinski definition) is 1. The van der Waals surface area contributed by atoms with E-state index in [4.69, 9.17) is 4.74 Å². The van der Waals surface area contributed by atoms with Crippen LogP contribution < -0.4 is 10.1 Å². The molecule has 0 aliphatic heterocycles. The molecule has 1 aromatic carbocycles. The minimum Gasteiger partial charge on any atom is -0.497 e.